The van der Waals surface area contributed by atoms with Crippen molar-refractivity contribution in [2.45, 2.75) is 31.7 Å². The van der Waals surface area contributed by atoms with Gasteiger partial charge in [-0.05, 0) is 49.7 Å². The number of ether oxygens (including phenoxy) is 1. The molecule has 0 aliphatic rings. The smallest absolute Gasteiger partial charge is 0.230 e. The molecule has 0 fully saturated rings. The van der Waals surface area contributed by atoms with Gasteiger partial charge in [0.05, 0.1) is 34.7 Å². The summed E-state index contributed by atoms with van der Waals surface area (Å²) in [6.07, 6.45) is 1.49. The van der Waals surface area contributed by atoms with Gasteiger partial charge in [0.1, 0.15) is 11.3 Å². The SMILES string of the molecule is COc1ccc(C)c2sc(N(Cc3ccccn3)C(=O)CCS(=O)(=O)c3ccc(C)cc3)nc12. The highest BCUT2D eigenvalue weighted by Gasteiger charge is 2.25. The number of sulfone groups is 1. The number of thiazole rings is 1. The van der Waals surface area contributed by atoms with E-state index in [1.54, 1.807) is 43.6 Å². The van der Waals surface area contributed by atoms with Crippen LogP contribution in [0.1, 0.15) is 23.2 Å². The van der Waals surface area contributed by atoms with E-state index in [1.165, 1.54) is 16.2 Å². The first-order valence-corrected chi connectivity index (χ1v) is 13.2. The van der Waals surface area contributed by atoms with Crippen molar-refractivity contribution in [3.63, 3.8) is 0 Å². The zero-order valence-electron chi connectivity index (χ0n) is 19.2. The van der Waals surface area contributed by atoms with Crippen LogP contribution in [0.5, 0.6) is 5.75 Å². The highest BCUT2D eigenvalue weighted by atomic mass is 32.2. The number of nitrogens with zero attached hydrogens (tertiary/aromatic N) is 3. The fourth-order valence-electron chi connectivity index (χ4n) is 3.51. The van der Waals surface area contributed by atoms with Crippen molar-refractivity contribution in [3.8, 4) is 5.75 Å². The average molecular weight is 496 g/mol. The van der Waals surface area contributed by atoms with Gasteiger partial charge in [0.2, 0.25) is 5.91 Å². The first kappa shape index (κ1) is 23.8. The Hall–Kier alpha value is -3.30. The molecule has 7 nitrogen and oxygen atoms in total. The summed E-state index contributed by atoms with van der Waals surface area (Å²) < 4.78 is 32.0. The topological polar surface area (TPSA) is 89.5 Å². The second kappa shape index (κ2) is 9.90. The van der Waals surface area contributed by atoms with Crippen LogP contribution in [-0.4, -0.2) is 37.2 Å². The summed E-state index contributed by atoms with van der Waals surface area (Å²) in [4.78, 5) is 24.1. The van der Waals surface area contributed by atoms with Crippen LogP contribution in [0.4, 0.5) is 5.13 Å². The summed E-state index contributed by atoms with van der Waals surface area (Å²) in [5.41, 5.74) is 3.35. The van der Waals surface area contributed by atoms with Gasteiger partial charge in [0.15, 0.2) is 15.0 Å². The second-order valence-corrected chi connectivity index (χ2v) is 11.0. The summed E-state index contributed by atoms with van der Waals surface area (Å²) in [7, 11) is -2.02. The molecule has 0 aliphatic heterocycles. The average Bonchev–Trinajstić information content (AvgIpc) is 3.28. The van der Waals surface area contributed by atoms with Gasteiger partial charge < -0.3 is 4.74 Å². The molecule has 0 radical (unpaired) electrons. The van der Waals surface area contributed by atoms with E-state index in [1.807, 2.05) is 38.1 Å². The van der Waals surface area contributed by atoms with E-state index >= 15 is 0 Å². The number of amides is 1. The number of anilines is 1. The van der Waals surface area contributed by atoms with Crippen molar-refractivity contribution < 1.29 is 17.9 Å². The Morgan fingerprint density at radius 1 is 1.06 bits per heavy atom. The van der Waals surface area contributed by atoms with Gasteiger partial charge in [-0.1, -0.05) is 41.2 Å². The van der Waals surface area contributed by atoms with Crippen LogP contribution in [0, 0.1) is 13.8 Å². The van der Waals surface area contributed by atoms with E-state index in [-0.39, 0.29) is 29.5 Å². The molecule has 2 aromatic heterocycles. The maximum absolute atomic E-state index is 13.4. The lowest BCUT2D eigenvalue weighted by molar-refractivity contribution is -0.118. The zero-order valence-corrected chi connectivity index (χ0v) is 20.8. The fourth-order valence-corrected chi connectivity index (χ4v) is 5.81. The Morgan fingerprint density at radius 3 is 2.50 bits per heavy atom. The van der Waals surface area contributed by atoms with Gasteiger partial charge in [-0.3, -0.25) is 14.7 Å². The highest BCUT2D eigenvalue weighted by Crippen LogP contribution is 2.37. The molecule has 2 aromatic carbocycles. The molecule has 4 aromatic rings. The van der Waals surface area contributed by atoms with Gasteiger partial charge in [0.25, 0.3) is 0 Å². The molecule has 0 bridgehead atoms. The van der Waals surface area contributed by atoms with Crippen LogP contribution >= 0.6 is 11.3 Å². The third-order valence-electron chi connectivity index (χ3n) is 5.46. The number of carbonyl (C=O) groups is 1. The summed E-state index contributed by atoms with van der Waals surface area (Å²) >= 11 is 1.38. The normalized spacial score (nSPS) is 11.5. The lowest BCUT2D eigenvalue weighted by Gasteiger charge is -2.19. The van der Waals surface area contributed by atoms with E-state index in [0.29, 0.717) is 22.1 Å². The second-order valence-electron chi connectivity index (χ2n) is 7.94. The molecule has 0 saturated heterocycles. The number of fused-ring (bicyclic) bond motifs is 1. The number of hydrogen-bond acceptors (Lipinski definition) is 7. The Balaban J connectivity index is 1.65. The third-order valence-corrected chi connectivity index (χ3v) is 8.40. The molecular formula is C25H25N3O4S2. The Labute approximate surface area is 203 Å². The molecule has 0 atom stereocenters. The molecular weight excluding hydrogens is 470 g/mol. The number of pyridine rings is 1. The van der Waals surface area contributed by atoms with Crippen LogP contribution in [-0.2, 0) is 21.2 Å². The van der Waals surface area contributed by atoms with Gasteiger partial charge in [-0.25, -0.2) is 13.4 Å². The van der Waals surface area contributed by atoms with E-state index in [0.717, 1.165) is 15.8 Å². The standard InChI is InChI=1S/C25H25N3O4S2/c1-17-7-10-20(11-8-17)34(30,31)15-13-22(29)28(16-19-6-4-5-14-26-19)25-27-23-21(32-3)12-9-18(2)24(23)33-25/h4-12,14H,13,15-16H2,1-3H3. The Morgan fingerprint density at radius 2 is 1.82 bits per heavy atom. The highest BCUT2D eigenvalue weighted by molar-refractivity contribution is 7.91. The van der Waals surface area contributed by atoms with Gasteiger partial charge in [-0.15, -0.1) is 0 Å². The van der Waals surface area contributed by atoms with Crippen molar-refractivity contribution >= 4 is 42.4 Å². The predicted octanol–water partition coefficient (Wildman–Crippen LogP) is 4.71. The molecule has 0 spiro atoms. The first-order chi connectivity index (χ1) is 16.3. The maximum atomic E-state index is 13.4. The van der Waals surface area contributed by atoms with E-state index in [2.05, 4.69) is 4.98 Å². The molecule has 0 N–H and O–H groups in total. The minimum Gasteiger partial charge on any atom is -0.494 e. The predicted molar refractivity (Wildman–Crippen MR) is 134 cm³/mol. The summed E-state index contributed by atoms with van der Waals surface area (Å²) in [6.45, 7) is 4.05. The molecule has 0 unspecified atom stereocenters. The number of methoxy groups -OCH3 is 1. The number of benzene rings is 2. The molecule has 176 valence electrons. The van der Waals surface area contributed by atoms with Crippen LogP contribution in [0.3, 0.4) is 0 Å². The number of rotatable bonds is 8. The van der Waals surface area contributed by atoms with Crippen molar-refractivity contribution in [2.24, 2.45) is 0 Å². The van der Waals surface area contributed by atoms with Crippen LogP contribution in [0.2, 0.25) is 0 Å². The lowest BCUT2D eigenvalue weighted by Crippen LogP contribution is -2.32. The van der Waals surface area contributed by atoms with Gasteiger partial charge in [0, 0.05) is 12.6 Å². The minimum atomic E-state index is -3.60. The summed E-state index contributed by atoms with van der Waals surface area (Å²) in [5.74, 6) is -0.00628. The van der Waals surface area contributed by atoms with Crippen LogP contribution in [0.25, 0.3) is 10.2 Å². The molecule has 9 heteroatoms. The molecule has 2 heterocycles. The van der Waals surface area contributed by atoms with E-state index in [9.17, 15) is 13.2 Å². The van der Waals surface area contributed by atoms with Gasteiger partial charge in [-0.2, -0.15) is 0 Å². The fraction of sp³-hybridized carbons (Fsp3) is 0.240. The van der Waals surface area contributed by atoms with Crippen molar-refractivity contribution in [2.75, 3.05) is 17.8 Å². The maximum Gasteiger partial charge on any atom is 0.230 e. The number of aromatic nitrogens is 2. The lowest BCUT2D eigenvalue weighted by atomic mass is 10.2. The van der Waals surface area contributed by atoms with Crippen LogP contribution < -0.4 is 9.64 Å². The number of hydrogen-bond donors (Lipinski definition) is 0. The van der Waals surface area contributed by atoms with Gasteiger partial charge >= 0.3 is 0 Å². The molecule has 4 rings (SSSR count). The quantitative estimate of drug-likeness (QED) is 0.352. The molecule has 34 heavy (non-hydrogen) atoms. The van der Waals surface area contributed by atoms with Crippen molar-refractivity contribution in [1.82, 2.24) is 9.97 Å². The first-order valence-electron chi connectivity index (χ1n) is 10.7. The largest absolute Gasteiger partial charge is 0.494 e. The summed E-state index contributed by atoms with van der Waals surface area (Å²) in [6, 6.07) is 15.9. The summed E-state index contributed by atoms with van der Waals surface area (Å²) in [5, 5.41) is 0.478. The zero-order chi connectivity index (χ0) is 24.3. The van der Waals surface area contributed by atoms with E-state index < -0.39 is 9.84 Å². The third kappa shape index (κ3) is 5.10. The molecule has 0 aliphatic carbocycles. The minimum absolute atomic E-state index is 0.172. The molecule has 1 amide bonds. The number of carbonyl (C=O) groups excluding carboxylic acids is 1. The number of aryl methyl sites for hydroxylation is 2. The van der Waals surface area contributed by atoms with Crippen molar-refractivity contribution in [3.05, 3.63) is 77.6 Å². The van der Waals surface area contributed by atoms with E-state index in [4.69, 9.17) is 9.72 Å². The van der Waals surface area contributed by atoms with Crippen LogP contribution in [0.15, 0.2) is 65.7 Å². The molecule has 0 saturated carbocycles. The Kier molecular flexibility index (Phi) is 6.95. The van der Waals surface area contributed by atoms with Crippen molar-refractivity contribution in [1.29, 1.82) is 0 Å². The Bertz CT molecular complexity index is 1420. The monoisotopic (exact) mass is 495 g/mol.